The molecule has 4 rings (SSSR count). The van der Waals surface area contributed by atoms with Crippen molar-refractivity contribution in [3.8, 4) is 17.2 Å². The second-order valence-electron chi connectivity index (χ2n) is 9.17. The zero-order chi connectivity index (χ0) is 22.6. The number of hydrogen-bond acceptors (Lipinski definition) is 6. The van der Waals surface area contributed by atoms with Gasteiger partial charge in [-0.15, -0.1) is 0 Å². The minimum absolute atomic E-state index is 0.218. The molecule has 7 nitrogen and oxygen atoms in total. The molecule has 2 aromatic carbocycles. The monoisotopic (exact) mass is 440 g/mol. The fourth-order valence-electron chi connectivity index (χ4n) is 3.74. The predicted octanol–water partition coefficient (Wildman–Crippen LogP) is 4.09. The number of carbonyl (C=O) groups excluding carboxylic acids is 1. The highest BCUT2D eigenvalue weighted by Crippen LogP contribution is 2.35. The van der Waals surface area contributed by atoms with Crippen LogP contribution in [-0.4, -0.2) is 61.1 Å². The van der Waals surface area contributed by atoms with Crippen molar-refractivity contribution in [2.75, 3.05) is 39.6 Å². The van der Waals surface area contributed by atoms with Gasteiger partial charge in [-0.05, 0) is 44.0 Å². The molecule has 0 saturated carbocycles. The Hall–Kier alpha value is -2.93. The Morgan fingerprint density at radius 2 is 1.62 bits per heavy atom. The summed E-state index contributed by atoms with van der Waals surface area (Å²) in [5, 5.41) is 0. The van der Waals surface area contributed by atoms with E-state index in [0.717, 1.165) is 43.3 Å². The number of amides is 1. The molecule has 0 radical (unpaired) electrons. The van der Waals surface area contributed by atoms with Crippen molar-refractivity contribution in [1.29, 1.82) is 0 Å². The fourth-order valence-corrected chi connectivity index (χ4v) is 3.74. The normalized spacial score (nSPS) is 16.2. The largest absolute Gasteiger partial charge is 0.493 e. The van der Waals surface area contributed by atoms with Crippen LogP contribution in [0.2, 0.25) is 0 Å². The number of carbonyl (C=O) groups is 1. The summed E-state index contributed by atoms with van der Waals surface area (Å²) in [7, 11) is 0. The van der Waals surface area contributed by atoms with Crippen LogP contribution in [0.25, 0.3) is 0 Å². The third-order valence-corrected chi connectivity index (χ3v) is 5.46. The van der Waals surface area contributed by atoms with E-state index in [1.165, 1.54) is 11.1 Å². The Kier molecular flexibility index (Phi) is 6.74. The molecule has 2 heterocycles. The zero-order valence-corrected chi connectivity index (χ0v) is 19.1. The summed E-state index contributed by atoms with van der Waals surface area (Å²) >= 11 is 0. The first-order valence-electron chi connectivity index (χ1n) is 11.2. The van der Waals surface area contributed by atoms with Crippen molar-refractivity contribution in [3.05, 3.63) is 53.6 Å². The highest BCUT2D eigenvalue weighted by molar-refractivity contribution is 5.68. The molecule has 0 N–H and O–H groups in total. The average molecular weight is 441 g/mol. The van der Waals surface area contributed by atoms with Crippen LogP contribution in [0.15, 0.2) is 42.5 Å². The summed E-state index contributed by atoms with van der Waals surface area (Å²) in [4.78, 5) is 16.4. The lowest BCUT2D eigenvalue weighted by atomic mass is 10.1. The summed E-state index contributed by atoms with van der Waals surface area (Å²) in [6.07, 6.45) is 0.619. The molecule has 172 valence electrons. The summed E-state index contributed by atoms with van der Waals surface area (Å²) < 4.78 is 22.0. The molecule has 2 aromatic rings. The van der Waals surface area contributed by atoms with Crippen LogP contribution >= 0.6 is 0 Å². The molecule has 32 heavy (non-hydrogen) atoms. The van der Waals surface area contributed by atoms with Gasteiger partial charge in [0.1, 0.15) is 11.4 Å². The lowest BCUT2D eigenvalue weighted by Gasteiger charge is -2.35. The maximum atomic E-state index is 12.2. The molecule has 0 spiro atoms. The Balaban J connectivity index is 1.19. The van der Waals surface area contributed by atoms with E-state index < -0.39 is 5.60 Å². The number of benzene rings is 2. The first-order valence-corrected chi connectivity index (χ1v) is 11.2. The standard InChI is InChI=1S/C25H32N2O5/c1-25(2,3)32-24(28)27-13-11-26(12-14-27)17-20-6-4-19(5-7-20)10-15-29-21-8-9-22-23(16-21)31-18-30-22/h4-9,16H,10-15,17-18H2,1-3H3. The second-order valence-corrected chi connectivity index (χ2v) is 9.17. The van der Waals surface area contributed by atoms with Gasteiger partial charge in [0.15, 0.2) is 11.5 Å². The summed E-state index contributed by atoms with van der Waals surface area (Å²) in [5.74, 6) is 2.29. The van der Waals surface area contributed by atoms with Crippen molar-refractivity contribution in [1.82, 2.24) is 9.80 Å². The van der Waals surface area contributed by atoms with E-state index in [0.29, 0.717) is 19.7 Å². The Morgan fingerprint density at radius 1 is 0.938 bits per heavy atom. The molecule has 2 aliphatic rings. The van der Waals surface area contributed by atoms with Gasteiger partial charge >= 0.3 is 6.09 Å². The van der Waals surface area contributed by atoms with Gasteiger partial charge < -0.3 is 23.8 Å². The van der Waals surface area contributed by atoms with Gasteiger partial charge in [-0.25, -0.2) is 4.79 Å². The molecular formula is C25H32N2O5. The fraction of sp³-hybridized carbons (Fsp3) is 0.480. The summed E-state index contributed by atoms with van der Waals surface area (Å²) in [6, 6.07) is 14.3. The highest BCUT2D eigenvalue weighted by atomic mass is 16.7. The van der Waals surface area contributed by atoms with Gasteiger partial charge in [0.2, 0.25) is 6.79 Å². The van der Waals surface area contributed by atoms with E-state index in [-0.39, 0.29) is 12.9 Å². The lowest BCUT2D eigenvalue weighted by Crippen LogP contribution is -2.49. The lowest BCUT2D eigenvalue weighted by molar-refractivity contribution is 0.0139. The number of ether oxygens (including phenoxy) is 4. The highest BCUT2D eigenvalue weighted by Gasteiger charge is 2.25. The van der Waals surface area contributed by atoms with Crippen LogP contribution in [0.5, 0.6) is 17.2 Å². The number of fused-ring (bicyclic) bond motifs is 1. The summed E-state index contributed by atoms with van der Waals surface area (Å²) in [6.45, 7) is 10.5. The van der Waals surface area contributed by atoms with Crippen molar-refractivity contribution in [3.63, 3.8) is 0 Å². The molecule has 0 atom stereocenters. The maximum absolute atomic E-state index is 12.2. The minimum Gasteiger partial charge on any atom is -0.493 e. The minimum atomic E-state index is -0.453. The third kappa shape index (κ3) is 6.07. The van der Waals surface area contributed by atoms with Crippen molar-refractivity contribution in [2.24, 2.45) is 0 Å². The number of piperazine rings is 1. The van der Waals surface area contributed by atoms with Gasteiger partial charge in [-0.3, -0.25) is 4.90 Å². The Morgan fingerprint density at radius 3 is 2.34 bits per heavy atom. The van der Waals surface area contributed by atoms with Gasteiger partial charge in [-0.2, -0.15) is 0 Å². The maximum Gasteiger partial charge on any atom is 0.410 e. The molecule has 0 aliphatic carbocycles. The Bertz CT molecular complexity index is 915. The van der Waals surface area contributed by atoms with E-state index in [1.54, 1.807) is 4.90 Å². The molecular weight excluding hydrogens is 408 g/mol. The quantitative estimate of drug-likeness (QED) is 0.674. The van der Waals surface area contributed by atoms with E-state index in [9.17, 15) is 4.79 Å². The van der Waals surface area contributed by atoms with Crippen molar-refractivity contribution in [2.45, 2.75) is 39.3 Å². The van der Waals surface area contributed by atoms with E-state index in [2.05, 4.69) is 29.2 Å². The van der Waals surface area contributed by atoms with Crippen LogP contribution in [-0.2, 0) is 17.7 Å². The van der Waals surface area contributed by atoms with Crippen LogP contribution in [0.3, 0.4) is 0 Å². The first-order chi connectivity index (χ1) is 15.4. The first kappa shape index (κ1) is 22.3. The van der Waals surface area contributed by atoms with Crippen LogP contribution in [0.4, 0.5) is 4.79 Å². The number of rotatable bonds is 6. The number of nitrogens with zero attached hydrogens (tertiary/aromatic N) is 2. The molecule has 0 bridgehead atoms. The van der Waals surface area contributed by atoms with E-state index >= 15 is 0 Å². The zero-order valence-electron chi connectivity index (χ0n) is 19.1. The molecule has 0 unspecified atom stereocenters. The van der Waals surface area contributed by atoms with Gasteiger partial charge in [-0.1, -0.05) is 24.3 Å². The molecule has 7 heteroatoms. The van der Waals surface area contributed by atoms with Crippen molar-refractivity contribution >= 4 is 6.09 Å². The topological polar surface area (TPSA) is 60.5 Å². The average Bonchev–Trinajstić information content (AvgIpc) is 3.22. The predicted molar refractivity (Wildman–Crippen MR) is 121 cm³/mol. The smallest absolute Gasteiger partial charge is 0.410 e. The molecule has 1 fully saturated rings. The van der Waals surface area contributed by atoms with Crippen LogP contribution < -0.4 is 14.2 Å². The summed E-state index contributed by atoms with van der Waals surface area (Å²) in [5.41, 5.74) is 2.06. The van der Waals surface area contributed by atoms with Crippen LogP contribution in [0.1, 0.15) is 31.9 Å². The molecule has 1 saturated heterocycles. The van der Waals surface area contributed by atoms with Crippen LogP contribution in [0, 0.1) is 0 Å². The van der Waals surface area contributed by atoms with Gasteiger partial charge in [0.05, 0.1) is 6.61 Å². The van der Waals surface area contributed by atoms with Crippen molar-refractivity contribution < 1.29 is 23.7 Å². The number of hydrogen-bond donors (Lipinski definition) is 0. The van der Waals surface area contributed by atoms with Gasteiger partial charge in [0.25, 0.3) is 0 Å². The van der Waals surface area contributed by atoms with E-state index in [1.807, 2.05) is 39.0 Å². The third-order valence-electron chi connectivity index (χ3n) is 5.46. The van der Waals surface area contributed by atoms with E-state index in [4.69, 9.17) is 18.9 Å². The molecule has 1 amide bonds. The Labute approximate surface area is 189 Å². The second kappa shape index (κ2) is 9.69. The van der Waals surface area contributed by atoms with Gasteiger partial charge in [0, 0.05) is 45.2 Å². The SMILES string of the molecule is CC(C)(C)OC(=O)N1CCN(Cc2ccc(CCOc3ccc4c(c3)OCO4)cc2)CC1. The molecule has 0 aromatic heterocycles. The molecule has 2 aliphatic heterocycles.